The molecule has 1 fully saturated rings. The zero-order valence-electron chi connectivity index (χ0n) is 26.2. The Labute approximate surface area is 262 Å². The van der Waals surface area contributed by atoms with E-state index in [2.05, 4.69) is 15.5 Å². The number of ether oxygens (including phenoxy) is 3. The maximum atomic E-state index is 13.8. The molecule has 3 aromatic rings. The molecule has 0 saturated carbocycles. The summed E-state index contributed by atoms with van der Waals surface area (Å²) in [5.41, 5.74) is 5.36. The van der Waals surface area contributed by atoms with Crippen molar-refractivity contribution < 1.29 is 33.4 Å². The second kappa shape index (κ2) is 16.2. The second-order valence-corrected chi connectivity index (χ2v) is 12.2. The summed E-state index contributed by atoms with van der Waals surface area (Å²) < 4.78 is 22.2. The lowest BCUT2D eigenvalue weighted by Gasteiger charge is -2.30. The summed E-state index contributed by atoms with van der Waals surface area (Å²) in [5.74, 6) is -0.895. The van der Waals surface area contributed by atoms with Gasteiger partial charge in [0.2, 0.25) is 11.8 Å². The summed E-state index contributed by atoms with van der Waals surface area (Å²) in [7, 11) is 0. The number of hydrogen-bond donors (Lipinski definition) is 2. The van der Waals surface area contributed by atoms with Gasteiger partial charge in [-0.05, 0) is 37.8 Å². The van der Waals surface area contributed by atoms with Gasteiger partial charge in [0, 0.05) is 25.6 Å². The number of hydrogen-bond acceptors (Lipinski definition) is 10. The minimum Gasteiger partial charge on any atom is -0.391 e. The highest BCUT2D eigenvalue weighted by Crippen LogP contribution is 2.32. The number of thiazole rings is 1. The third-order valence-electron chi connectivity index (χ3n) is 7.62. The molecular formula is C32H44N4O7S. The van der Waals surface area contributed by atoms with Crippen LogP contribution in [0.2, 0.25) is 0 Å². The van der Waals surface area contributed by atoms with E-state index in [1.165, 1.54) is 4.90 Å². The van der Waals surface area contributed by atoms with Crippen LogP contribution in [-0.4, -0.2) is 90.3 Å². The highest BCUT2D eigenvalue weighted by Gasteiger charge is 2.43. The molecule has 12 heteroatoms. The summed E-state index contributed by atoms with van der Waals surface area (Å²) in [6.07, 6.45) is -0.674. The third kappa shape index (κ3) is 8.72. The molecule has 1 saturated heterocycles. The number of likely N-dealkylation sites (tertiary alicyclic amines) is 1. The van der Waals surface area contributed by atoms with Crippen LogP contribution in [0.25, 0.3) is 10.4 Å². The Kier molecular flexibility index (Phi) is 12.4. The lowest BCUT2D eigenvalue weighted by atomic mass is 9.91. The molecule has 0 bridgehead atoms. The number of aromatic nitrogens is 2. The van der Waals surface area contributed by atoms with Crippen LogP contribution in [-0.2, 0) is 23.8 Å². The molecule has 0 unspecified atom stereocenters. The van der Waals surface area contributed by atoms with Crippen molar-refractivity contribution in [2.45, 2.75) is 65.1 Å². The van der Waals surface area contributed by atoms with Crippen LogP contribution < -0.4 is 5.32 Å². The highest BCUT2D eigenvalue weighted by atomic mass is 32.1. The smallest absolute Gasteiger partial charge is 0.243 e. The highest BCUT2D eigenvalue weighted by molar-refractivity contribution is 7.13. The topological polar surface area (TPSA) is 136 Å². The fraction of sp³-hybridized carbons (Fsp3) is 0.562. The summed E-state index contributed by atoms with van der Waals surface area (Å²) in [4.78, 5) is 34.5. The molecule has 11 nitrogen and oxygen atoms in total. The van der Waals surface area contributed by atoms with Gasteiger partial charge in [-0.3, -0.25) is 9.59 Å². The zero-order chi connectivity index (χ0) is 31.6. The number of aliphatic hydroxyl groups is 1. The van der Waals surface area contributed by atoms with Crippen LogP contribution >= 0.6 is 11.3 Å². The van der Waals surface area contributed by atoms with E-state index in [-0.39, 0.29) is 37.3 Å². The number of aliphatic hydroxyl groups excluding tert-OH is 1. The first kappa shape index (κ1) is 33.7. The fourth-order valence-electron chi connectivity index (χ4n) is 5.37. The molecule has 4 atom stereocenters. The number of nitrogens with zero attached hydrogens (tertiary/aromatic N) is 3. The van der Waals surface area contributed by atoms with Gasteiger partial charge in [0.25, 0.3) is 0 Å². The van der Waals surface area contributed by atoms with Crippen LogP contribution in [0.3, 0.4) is 0 Å². The molecule has 2 aromatic heterocycles. The number of β-amino-alcohol motifs (C(OH)–C–C–N with tert-alkyl or cyclic N) is 1. The molecule has 240 valence electrons. The van der Waals surface area contributed by atoms with E-state index in [4.69, 9.17) is 18.7 Å². The molecule has 1 aliphatic heterocycles. The van der Waals surface area contributed by atoms with Crippen LogP contribution in [0, 0.1) is 19.8 Å². The van der Waals surface area contributed by atoms with Crippen molar-refractivity contribution >= 4 is 23.2 Å². The average Bonchev–Trinajstić information content (AvgIpc) is 3.73. The monoisotopic (exact) mass is 628 g/mol. The van der Waals surface area contributed by atoms with Crippen molar-refractivity contribution in [1.29, 1.82) is 0 Å². The number of aryl methyl sites for hydroxylation is 2. The summed E-state index contributed by atoms with van der Waals surface area (Å²) in [6, 6.07) is 8.36. The van der Waals surface area contributed by atoms with Crippen LogP contribution in [0.5, 0.6) is 0 Å². The van der Waals surface area contributed by atoms with Crippen molar-refractivity contribution in [2.24, 2.45) is 5.92 Å². The van der Waals surface area contributed by atoms with Gasteiger partial charge in [0.05, 0.1) is 67.0 Å². The Hall–Kier alpha value is -3.16. The molecular weight excluding hydrogens is 584 g/mol. The minimum atomic E-state index is -0.841. The summed E-state index contributed by atoms with van der Waals surface area (Å²) in [5, 5.41) is 17.6. The molecule has 1 aliphatic rings. The predicted octanol–water partition coefficient (Wildman–Crippen LogP) is 4.04. The molecule has 0 spiro atoms. The number of amides is 2. The van der Waals surface area contributed by atoms with E-state index in [0.717, 1.165) is 21.7 Å². The van der Waals surface area contributed by atoms with E-state index in [1.807, 2.05) is 57.5 Å². The molecule has 0 radical (unpaired) electrons. The van der Waals surface area contributed by atoms with Crippen molar-refractivity contribution in [3.63, 3.8) is 0 Å². The molecule has 4 rings (SSSR count). The van der Waals surface area contributed by atoms with Crippen molar-refractivity contribution in [3.8, 4) is 10.4 Å². The number of carbonyl (C=O) groups excluding carboxylic acids is 2. The second-order valence-electron chi connectivity index (χ2n) is 11.3. The quantitative estimate of drug-likeness (QED) is 0.225. The Morgan fingerprint density at radius 3 is 2.43 bits per heavy atom. The van der Waals surface area contributed by atoms with Gasteiger partial charge in [-0.25, -0.2) is 4.98 Å². The van der Waals surface area contributed by atoms with E-state index in [0.29, 0.717) is 44.5 Å². The van der Waals surface area contributed by atoms with Gasteiger partial charge >= 0.3 is 0 Å². The number of benzene rings is 1. The van der Waals surface area contributed by atoms with Crippen LogP contribution in [0.1, 0.15) is 61.9 Å². The van der Waals surface area contributed by atoms with Crippen LogP contribution in [0.4, 0.5) is 0 Å². The Bertz CT molecular complexity index is 1340. The molecule has 1 aromatic carbocycles. The first-order valence-electron chi connectivity index (χ1n) is 15.1. The van der Waals surface area contributed by atoms with Gasteiger partial charge in [-0.2, -0.15) is 0 Å². The molecule has 2 amide bonds. The zero-order valence-corrected chi connectivity index (χ0v) is 27.0. The summed E-state index contributed by atoms with van der Waals surface area (Å²) in [6.45, 7) is 12.2. The maximum absolute atomic E-state index is 13.8. The standard InChI is InChI=1S/C32H44N4O7S/c1-6-40-11-12-41-13-14-42-18-26(23-7-9-24(10-8-23)30-22(5)33-19-44-30)34-31(38)27-16-25(37)17-36(27)32(39)29(20(2)3)28-15-21(4)35-43-28/h7-10,15,19-20,25-27,29,37H,6,11-14,16-18H2,1-5H3,(H,34,38)/t25-,26+,27+,29-/m1/s1. The first-order valence-corrected chi connectivity index (χ1v) is 16.0. The minimum absolute atomic E-state index is 0.0659. The maximum Gasteiger partial charge on any atom is 0.243 e. The average molecular weight is 629 g/mol. The van der Waals surface area contributed by atoms with E-state index in [1.54, 1.807) is 24.3 Å². The van der Waals surface area contributed by atoms with Crippen molar-refractivity contribution in [3.05, 3.63) is 58.6 Å². The number of rotatable bonds is 16. The number of nitrogens with one attached hydrogen (secondary N) is 1. The van der Waals surface area contributed by atoms with Crippen LogP contribution in [0.15, 0.2) is 40.4 Å². The third-order valence-corrected chi connectivity index (χ3v) is 8.60. The Balaban J connectivity index is 1.48. The molecule has 0 aliphatic carbocycles. The lowest BCUT2D eigenvalue weighted by Crippen LogP contribution is -2.49. The Morgan fingerprint density at radius 1 is 1.11 bits per heavy atom. The fourth-order valence-corrected chi connectivity index (χ4v) is 6.18. The van der Waals surface area contributed by atoms with Gasteiger partial charge < -0.3 is 34.1 Å². The van der Waals surface area contributed by atoms with Gasteiger partial charge in [-0.1, -0.05) is 43.3 Å². The van der Waals surface area contributed by atoms with Gasteiger partial charge in [0.1, 0.15) is 17.7 Å². The largest absolute Gasteiger partial charge is 0.391 e. The normalized spacial score (nSPS) is 18.1. The molecule has 3 heterocycles. The van der Waals surface area contributed by atoms with Crippen molar-refractivity contribution in [1.82, 2.24) is 20.4 Å². The van der Waals surface area contributed by atoms with E-state index >= 15 is 0 Å². The lowest BCUT2D eigenvalue weighted by molar-refractivity contribution is -0.141. The van der Waals surface area contributed by atoms with E-state index in [9.17, 15) is 14.7 Å². The van der Waals surface area contributed by atoms with E-state index < -0.39 is 24.1 Å². The molecule has 44 heavy (non-hydrogen) atoms. The first-order chi connectivity index (χ1) is 21.2. The van der Waals surface area contributed by atoms with Crippen molar-refractivity contribution in [2.75, 3.05) is 46.2 Å². The predicted molar refractivity (Wildman–Crippen MR) is 166 cm³/mol. The van der Waals surface area contributed by atoms with Gasteiger partial charge in [0.15, 0.2) is 0 Å². The molecule has 2 N–H and O–H groups in total. The Morgan fingerprint density at radius 2 is 1.82 bits per heavy atom. The van der Waals surface area contributed by atoms with Gasteiger partial charge in [-0.15, -0.1) is 11.3 Å². The SMILES string of the molecule is CCOCCOCCOC[C@H](NC(=O)[C@@H]1C[C@@H](O)CN1C(=O)[C@@H](c1cc(C)no1)C(C)C)c1ccc(-c2scnc2C)cc1. The number of carbonyl (C=O) groups is 2. The summed E-state index contributed by atoms with van der Waals surface area (Å²) >= 11 is 1.58.